The van der Waals surface area contributed by atoms with Crippen LogP contribution >= 0.6 is 34.7 Å². The molecule has 3 rings (SSSR count). The summed E-state index contributed by atoms with van der Waals surface area (Å²) in [5, 5.41) is 12.8. The number of carbonyl (C=O) groups excluding carboxylic acids is 1. The van der Waals surface area contributed by atoms with Gasteiger partial charge in [0.2, 0.25) is 11.0 Å². The van der Waals surface area contributed by atoms with Gasteiger partial charge in [-0.3, -0.25) is 4.79 Å². The molecule has 25 heavy (non-hydrogen) atoms. The lowest BCUT2D eigenvalue weighted by Gasteiger charge is -2.24. The van der Waals surface area contributed by atoms with Crippen molar-refractivity contribution in [3.63, 3.8) is 0 Å². The zero-order valence-corrected chi connectivity index (χ0v) is 16.3. The highest BCUT2D eigenvalue weighted by Crippen LogP contribution is 2.28. The highest BCUT2D eigenvalue weighted by atomic mass is 35.5. The quantitative estimate of drug-likeness (QED) is 0.734. The van der Waals surface area contributed by atoms with Crippen LogP contribution in [0.25, 0.3) is 0 Å². The van der Waals surface area contributed by atoms with Crippen LogP contribution in [0.4, 0.5) is 10.8 Å². The summed E-state index contributed by atoms with van der Waals surface area (Å²) < 4.78 is 0.796. The number of likely N-dealkylation sites (tertiary alicyclic amines) is 1. The van der Waals surface area contributed by atoms with Crippen molar-refractivity contribution in [1.82, 2.24) is 15.1 Å². The van der Waals surface area contributed by atoms with Crippen LogP contribution in [0.2, 0.25) is 5.02 Å². The fraction of sp³-hybridized carbons (Fsp3) is 0.471. The summed E-state index contributed by atoms with van der Waals surface area (Å²) in [5.41, 5.74) is 0.872. The first-order valence-electron chi connectivity index (χ1n) is 8.47. The van der Waals surface area contributed by atoms with E-state index in [1.807, 2.05) is 29.2 Å². The van der Waals surface area contributed by atoms with Crippen LogP contribution in [0.3, 0.4) is 0 Å². The molecular weight excluding hydrogens is 376 g/mol. The minimum absolute atomic E-state index is 0.200. The van der Waals surface area contributed by atoms with Crippen molar-refractivity contribution >= 4 is 51.4 Å². The second-order valence-electron chi connectivity index (χ2n) is 5.95. The maximum absolute atomic E-state index is 12.4. The number of hydrogen-bond acceptors (Lipinski definition) is 6. The Morgan fingerprint density at radius 2 is 1.96 bits per heavy atom. The number of halogens is 1. The van der Waals surface area contributed by atoms with Gasteiger partial charge in [-0.2, -0.15) is 0 Å². The van der Waals surface area contributed by atoms with E-state index in [1.165, 1.54) is 42.4 Å². The van der Waals surface area contributed by atoms with Gasteiger partial charge in [-0.05, 0) is 31.0 Å². The molecule has 1 aromatic heterocycles. The summed E-state index contributed by atoms with van der Waals surface area (Å²) in [6.07, 6.45) is 5.98. The number of nitrogens with zero attached hydrogens (tertiary/aromatic N) is 3. The number of hydrogen-bond donors (Lipinski definition) is 1. The third-order valence-corrected chi connectivity index (χ3v) is 6.20. The zero-order valence-electron chi connectivity index (χ0n) is 13.9. The Bertz CT molecular complexity index is 701. The van der Waals surface area contributed by atoms with E-state index in [1.54, 1.807) is 0 Å². The standard InChI is InChI=1S/C17H21ClN4OS2/c18-13-7-6-8-14(11-13)19-16-20-21-17(25-16)24-12-15(23)22-9-4-2-1-3-5-10-22/h6-8,11H,1-5,9-10,12H2,(H,19,20). The molecule has 1 amide bonds. The third kappa shape index (κ3) is 5.87. The molecule has 1 N–H and O–H groups in total. The molecular formula is C17H21ClN4OS2. The monoisotopic (exact) mass is 396 g/mol. The summed E-state index contributed by atoms with van der Waals surface area (Å²) in [7, 11) is 0. The van der Waals surface area contributed by atoms with E-state index < -0.39 is 0 Å². The number of aromatic nitrogens is 2. The molecule has 1 aliphatic rings. The Morgan fingerprint density at radius 3 is 2.72 bits per heavy atom. The van der Waals surface area contributed by atoms with Crippen molar-refractivity contribution in [2.75, 3.05) is 24.2 Å². The van der Waals surface area contributed by atoms with Gasteiger partial charge in [-0.15, -0.1) is 10.2 Å². The second kappa shape index (κ2) is 9.40. The maximum atomic E-state index is 12.4. The molecule has 1 fully saturated rings. The summed E-state index contributed by atoms with van der Waals surface area (Å²) in [4.78, 5) is 14.4. The lowest BCUT2D eigenvalue weighted by molar-refractivity contribution is -0.128. The lowest BCUT2D eigenvalue weighted by atomic mass is 10.1. The van der Waals surface area contributed by atoms with Crippen LogP contribution in [0.15, 0.2) is 28.6 Å². The molecule has 2 heterocycles. The fourth-order valence-corrected chi connectivity index (χ4v) is 4.59. The Hall–Kier alpha value is -1.31. The van der Waals surface area contributed by atoms with E-state index in [9.17, 15) is 4.79 Å². The van der Waals surface area contributed by atoms with Crippen molar-refractivity contribution in [2.24, 2.45) is 0 Å². The molecule has 0 spiro atoms. The Labute approximate surface area is 161 Å². The molecule has 0 unspecified atom stereocenters. The second-order valence-corrected chi connectivity index (χ2v) is 8.58. The van der Waals surface area contributed by atoms with Crippen LogP contribution in [-0.2, 0) is 4.79 Å². The molecule has 1 saturated heterocycles. The molecule has 0 bridgehead atoms. The number of rotatable bonds is 5. The normalized spacial score (nSPS) is 15.5. The predicted molar refractivity (Wildman–Crippen MR) is 105 cm³/mol. The molecule has 1 aliphatic heterocycles. The van der Waals surface area contributed by atoms with Crippen LogP contribution in [-0.4, -0.2) is 39.8 Å². The van der Waals surface area contributed by atoms with Gasteiger partial charge in [-0.1, -0.05) is 60.0 Å². The molecule has 2 aromatic rings. The average molecular weight is 397 g/mol. The van der Waals surface area contributed by atoms with E-state index in [0.29, 0.717) is 15.9 Å². The van der Waals surface area contributed by atoms with Gasteiger partial charge in [0, 0.05) is 23.8 Å². The van der Waals surface area contributed by atoms with Crippen molar-refractivity contribution in [1.29, 1.82) is 0 Å². The van der Waals surface area contributed by atoms with Crippen LogP contribution in [0.5, 0.6) is 0 Å². The Kier molecular flexibility index (Phi) is 6.95. The lowest BCUT2D eigenvalue weighted by Crippen LogP contribution is -2.35. The first-order valence-corrected chi connectivity index (χ1v) is 10.7. The molecule has 0 atom stereocenters. The molecule has 0 aliphatic carbocycles. The fourth-order valence-electron chi connectivity index (χ4n) is 2.72. The van der Waals surface area contributed by atoms with Gasteiger partial charge in [0.25, 0.3) is 0 Å². The van der Waals surface area contributed by atoms with Crippen molar-refractivity contribution in [3.8, 4) is 0 Å². The summed E-state index contributed by atoms with van der Waals surface area (Å²) >= 11 is 8.88. The van der Waals surface area contributed by atoms with E-state index in [2.05, 4.69) is 15.5 Å². The van der Waals surface area contributed by atoms with Crippen molar-refractivity contribution < 1.29 is 4.79 Å². The van der Waals surface area contributed by atoms with Gasteiger partial charge in [-0.25, -0.2) is 0 Å². The highest BCUT2D eigenvalue weighted by molar-refractivity contribution is 8.01. The minimum Gasteiger partial charge on any atom is -0.342 e. The van der Waals surface area contributed by atoms with Crippen LogP contribution in [0.1, 0.15) is 32.1 Å². The van der Waals surface area contributed by atoms with Gasteiger partial charge in [0.1, 0.15) is 0 Å². The van der Waals surface area contributed by atoms with Gasteiger partial charge < -0.3 is 10.2 Å². The van der Waals surface area contributed by atoms with Crippen molar-refractivity contribution in [3.05, 3.63) is 29.3 Å². The van der Waals surface area contributed by atoms with E-state index in [-0.39, 0.29) is 5.91 Å². The molecule has 8 heteroatoms. The minimum atomic E-state index is 0.200. The largest absolute Gasteiger partial charge is 0.342 e. The van der Waals surface area contributed by atoms with E-state index in [4.69, 9.17) is 11.6 Å². The Balaban J connectivity index is 1.50. The maximum Gasteiger partial charge on any atom is 0.233 e. The smallest absolute Gasteiger partial charge is 0.233 e. The summed E-state index contributed by atoms with van der Waals surface area (Å²) in [6, 6.07) is 7.46. The molecule has 5 nitrogen and oxygen atoms in total. The number of nitrogens with one attached hydrogen (secondary N) is 1. The van der Waals surface area contributed by atoms with Gasteiger partial charge >= 0.3 is 0 Å². The molecule has 134 valence electrons. The Morgan fingerprint density at radius 1 is 1.20 bits per heavy atom. The van der Waals surface area contributed by atoms with Gasteiger partial charge in [0.05, 0.1) is 5.75 Å². The SMILES string of the molecule is O=C(CSc1nnc(Nc2cccc(Cl)c2)s1)N1CCCCCCC1. The predicted octanol–water partition coefficient (Wildman–Crippen LogP) is 4.82. The molecule has 0 saturated carbocycles. The number of amides is 1. The van der Waals surface area contributed by atoms with Gasteiger partial charge in [0.15, 0.2) is 4.34 Å². The molecule has 1 aromatic carbocycles. The molecule has 0 radical (unpaired) electrons. The summed E-state index contributed by atoms with van der Waals surface area (Å²) in [6.45, 7) is 1.77. The third-order valence-electron chi connectivity index (χ3n) is 4.01. The topological polar surface area (TPSA) is 58.1 Å². The number of benzene rings is 1. The number of carbonyl (C=O) groups is 1. The highest BCUT2D eigenvalue weighted by Gasteiger charge is 2.16. The summed E-state index contributed by atoms with van der Waals surface area (Å²) in [5.74, 6) is 0.623. The van der Waals surface area contributed by atoms with Crippen LogP contribution in [0, 0.1) is 0 Å². The van der Waals surface area contributed by atoms with Crippen molar-refractivity contribution in [2.45, 2.75) is 36.4 Å². The number of thioether (sulfide) groups is 1. The zero-order chi connectivity index (χ0) is 17.5. The first kappa shape index (κ1) is 18.5. The number of anilines is 2. The van der Waals surface area contributed by atoms with Crippen LogP contribution < -0.4 is 5.32 Å². The van der Waals surface area contributed by atoms with E-state index in [0.717, 1.165) is 36.0 Å². The average Bonchev–Trinajstić information content (AvgIpc) is 3.00. The first-order chi connectivity index (χ1) is 12.2. The van der Waals surface area contributed by atoms with E-state index >= 15 is 0 Å².